The van der Waals surface area contributed by atoms with Crippen LogP contribution in [0.2, 0.25) is 0 Å². The Kier molecular flexibility index (Phi) is 2.50. The van der Waals surface area contributed by atoms with E-state index in [1.807, 2.05) is 0 Å². The number of benzene rings is 2. The van der Waals surface area contributed by atoms with E-state index >= 15 is 0 Å². The van der Waals surface area contributed by atoms with Crippen molar-refractivity contribution in [3.63, 3.8) is 0 Å². The van der Waals surface area contributed by atoms with Gasteiger partial charge in [-0.05, 0) is 36.4 Å². The van der Waals surface area contributed by atoms with E-state index < -0.39 is 5.91 Å². The maximum atomic E-state index is 13.3. The number of carbonyl (C=O) groups excluding carboxylic acids is 1. The third kappa shape index (κ3) is 1.83. The van der Waals surface area contributed by atoms with Crippen molar-refractivity contribution in [1.29, 1.82) is 0 Å². The van der Waals surface area contributed by atoms with E-state index in [0.29, 0.717) is 28.1 Å². The maximum absolute atomic E-state index is 13.3. The lowest BCUT2D eigenvalue weighted by Crippen LogP contribution is -2.10. The van der Waals surface area contributed by atoms with Gasteiger partial charge in [-0.1, -0.05) is 0 Å². The van der Waals surface area contributed by atoms with Gasteiger partial charge in [0.15, 0.2) is 5.82 Å². The smallest absolute Gasteiger partial charge is 0.248 e. The van der Waals surface area contributed by atoms with E-state index in [0.717, 1.165) is 10.9 Å². The molecule has 0 fully saturated rings. The molecule has 0 unspecified atom stereocenters. The number of aromatic nitrogens is 4. The first-order chi connectivity index (χ1) is 10.6. The van der Waals surface area contributed by atoms with Crippen molar-refractivity contribution in [2.45, 2.75) is 0 Å². The molecule has 6 nitrogen and oxygen atoms in total. The van der Waals surface area contributed by atoms with Gasteiger partial charge in [0.2, 0.25) is 5.91 Å². The van der Waals surface area contributed by atoms with Crippen LogP contribution in [0.5, 0.6) is 0 Å². The number of rotatable bonds is 2. The van der Waals surface area contributed by atoms with Crippen molar-refractivity contribution >= 4 is 27.8 Å². The molecule has 0 atom stereocenters. The quantitative estimate of drug-likeness (QED) is 0.529. The van der Waals surface area contributed by atoms with Gasteiger partial charge in [0.1, 0.15) is 11.5 Å². The van der Waals surface area contributed by atoms with E-state index in [4.69, 9.17) is 5.73 Å². The average molecular weight is 295 g/mol. The van der Waals surface area contributed by atoms with Gasteiger partial charge in [0.25, 0.3) is 0 Å². The Hall–Kier alpha value is -3.22. The first-order valence-corrected chi connectivity index (χ1v) is 6.55. The fourth-order valence-corrected chi connectivity index (χ4v) is 2.44. The minimum atomic E-state index is -0.513. The highest BCUT2D eigenvalue weighted by molar-refractivity contribution is 6.00. The summed E-state index contributed by atoms with van der Waals surface area (Å²) in [5.41, 5.74) is 8.22. The first-order valence-electron chi connectivity index (χ1n) is 6.55. The predicted molar refractivity (Wildman–Crippen MR) is 79.7 cm³/mol. The highest BCUT2D eigenvalue weighted by atomic mass is 19.1. The molecule has 2 aromatic carbocycles. The van der Waals surface area contributed by atoms with Crippen LogP contribution in [0.1, 0.15) is 10.4 Å². The zero-order chi connectivity index (χ0) is 15.3. The molecule has 0 spiro atoms. The summed E-state index contributed by atoms with van der Waals surface area (Å²) < 4.78 is 13.3. The molecule has 22 heavy (non-hydrogen) atoms. The Balaban J connectivity index is 1.95. The van der Waals surface area contributed by atoms with Gasteiger partial charge in [-0.15, -0.1) is 0 Å². The third-order valence-corrected chi connectivity index (χ3v) is 3.52. The number of nitrogens with two attached hydrogens (primary N) is 1. The van der Waals surface area contributed by atoms with E-state index in [2.05, 4.69) is 20.2 Å². The van der Waals surface area contributed by atoms with E-state index in [9.17, 15) is 9.18 Å². The molecule has 4 aromatic rings. The number of aromatic amines is 2. The van der Waals surface area contributed by atoms with Gasteiger partial charge in [-0.3, -0.25) is 9.89 Å². The molecule has 0 saturated carbocycles. The second-order valence-corrected chi connectivity index (χ2v) is 4.94. The molecular weight excluding hydrogens is 285 g/mol. The molecule has 2 aromatic heterocycles. The number of amides is 1. The number of primary amides is 1. The zero-order valence-corrected chi connectivity index (χ0v) is 11.2. The van der Waals surface area contributed by atoms with Crippen LogP contribution in [0.3, 0.4) is 0 Å². The number of fused-ring (bicyclic) bond motifs is 2. The summed E-state index contributed by atoms with van der Waals surface area (Å²) in [5.74, 6) is -0.361. The molecule has 0 aliphatic rings. The lowest BCUT2D eigenvalue weighted by atomic mass is 10.1. The highest BCUT2D eigenvalue weighted by Gasteiger charge is 2.14. The van der Waals surface area contributed by atoms with Crippen LogP contribution in [0.25, 0.3) is 33.5 Å². The number of halogens is 1. The molecular formula is C15H10FN5O. The lowest BCUT2D eigenvalue weighted by molar-refractivity contribution is 0.100. The Labute approximate surface area is 123 Å². The lowest BCUT2D eigenvalue weighted by Gasteiger charge is -1.96. The fraction of sp³-hybridized carbons (Fsp3) is 0. The summed E-state index contributed by atoms with van der Waals surface area (Å²) in [6, 6.07) is 9.32. The molecule has 4 rings (SSSR count). The molecule has 7 heteroatoms. The van der Waals surface area contributed by atoms with Crippen LogP contribution in [0.4, 0.5) is 4.39 Å². The van der Waals surface area contributed by atoms with Gasteiger partial charge < -0.3 is 10.7 Å². The minimum Gasteiger partial charge on any atom is -0.366 e. The Morgan fingerprint density at radius 3 is 2.82 bits per heavy atom. The Morgan fingerprint density at radius 2 is 2.00 bits per heavy atom. The van der Waals surface area contributed by atoms with E-state index in [1.54, 1.807) is 24.3 Å². The number of hydrogen-bond donors (Lipinski definition) is 3. The summed E-state index contributed by atoms with van der Waals surface area (Å²) in [4.78, 5) is 18.7. The molecule has 2 heterocycles. The van der Waals surface area contributed by atoms with E-state index in [1.165, 1.54) is 12.1 Å². The van der Waals surface area contributed by atoms with Crippen molar-refractivity contribution in [2.24, 2.45) is 5.73 Å². The first kappa shape index (κ1) is 12.5. The van der Waals surface area contributed by atoms with Crippen LogP contribution in [0, 0.1) is 5.82 Å². The largest absolute Gasteiger partial charge is 0.366 e. The van der Waals surface area contributed by atoms with Crippen molar-refractivity contribution < 1.29 is 9.18 Å². The number of nitrogens with zero attached hydrogens (tertiary/aromatic N) is 2. The van der Waals surface area contributed by atoms with Crippen molar-refractivity contribution in [3.05, 3.63) is 47.8 Å². The van der Waals surface area contributed by atoms with E-state index in [-0.39, 0.29) is 5.82 Å². The Morgan fingerprint density at radius 1 is 1.14 bits per heavy atom. The van der Waals surface area contributed by atoms with Gasteiger partial charge in [-0.25, -0.2) is 9.37 Å². The predicted octanol–water partition coefficient (Wildman–Crippen LogP) is 2.34. The van der Waals surface area contributed by atoms with Crippen LogP contribution in [-0.4, -0.2) is 26.1 Å². The second-order valence-electron chi connectivity index (χ2n) is 4.94. The second kappa shape index (κ2) is 4.39. The van der Waals surface area contributed by atoms with Gasteiger partial charge in [0.05, 0.1) is 16.6 Å². The molecule has 0 radical (unpaired) electrons. The van der Waals surface area contributed by atoms with Gasteiger partial charge in [0, 0.05) is 10.9 Å². The van der Waals surface area contributed by atoms with Gasteiger partial charge >= 0.3 is 0 Å². The molecule has 0 aliphatic carbocycles. The Bertz CT molecular complexity index is 1030. The number of carbonyl (C=O) groups is 1. The molecule has 4 N–H and O–H groups in total. The SMILES string of the molecule is NC(=O)c1ccc2[nH]nc(-c3nc4ccc(F)cc4[nH]3)c2c1. The topological polar surface area (TPSA) is 100 Å². The van der Waals surface area contributed by atoms with Crippen LogP contribution in [0.15, 0.2) is 36.4 Å². The van der Waals surface area contributed by atoms with Gasteiger partial charge in [-0.2, -0.15) is 5.10 Å². The summed E-state index contributed by atoms with van der Waals surface area (Å²) in [6.45, 7) is 0. The molecule has 0 bridgehead atoms. The molecule has 0 saturated heterocycles. The van der Waals surface area contributed by atoms with Crippen molar-refractivity contribution in [1.82, 2.24) is 20.2 Å². The molecule has 108 valence electrons. The van der Waals surface area contributed by atoms with Crippen molar-refractivity contribution in [3.8, 4) is 11.5 Å². The monoisotopic (exact) mass is 295 g/mol. The standard InChI is InChI=1S/C15H10FN5O/c16-8-2-4-11-12(6-8)19-15(18-11)13-9-5-7(14(17)22)1-3-10(9)20-21-13/h1-6H,(H2,17,22)(H,18,19)(H,20,21). The summed E-state index contributed by atoms with van der Waals surface area (Å²) in [5, 5.41) is 7.81. The summed E-state index contributed by atoms with van der Waals surface area (Å²) in [6.07, 6.45) is 0. The minimum absolute atomic E-state index is 0.342. The summed E-state index contributed by atoms with van der Waals surface area (Å²) in [7, 11) is 0. The number of imidazole rings is 1. The van der Waals surface area contributed by atoms with Crippen LogP contribution >= 0.6 is 0 Å². The third-order valence-electron chi connectivity index (χ3n) is 3.52. The average Bonchev–Trinajstić information content (AvgIpc) is 3.08. The van der Waals surface area contributed by atoms with Crippen LogP contribution < -0.4 is 5.73 Å². The summed E-state index contributed by atoms with van der Waals surface area (Å²) >= 11 is 0. The maximum Gasteiger partial charge on any atom is 0.248 e. The number of H-pyrrole nitrogens is 2. The normalized spacial score (nSPS) is 11.3. The fourth-order valence-electron chi connectivity index (χ4n) is 2.44. The molecule has 0 aliphatic heterocycles. The highest BCUT2D eigenvalue weighted by Crippen LogP contribution is 2.27. The number of hydrogen-bond acceptors (Lipinski definition) is 3. The van der Waals surface area contributed by atoms with Crippen LogP contribution in [-0.2, 0) is 0 Å². The molecule has 1 amide bonds. The zero-order valence-electron chi connectivity index (χ0n) is 11.2. The van der Waals surface area contributed by atoms with Crippen molar-refractivity contribution in [2.75, 3.05) is 0 Å². The number of nitrogens with one attached hydrogen (secondary N) is 2.